The second-order valence-corrected chi connectivity index (χ2v) is 6.77. The van der Waals surface area contributed by atoms with E-state index in [0.717, 1.165) is 16.9 Å². The van der Waals surface area contributed by atoms with Crippen LogP contribution in [0, 0.1) is 5.82 Å². The van der Waals surface area contributed by atoms with Crippen molar-refractivity contribution in [1.29, 1.82) is 0 Å². The molecule has 0 aliphatic carbocycles. The van der Waals surface area contributed by atoms with Crippen LogP contribution in [-0.4, -0.2) is 6.04 Å². The zero-order valence-electron chi connectivity index (χ0n) is 11.5. The average Bonchev–Trinajstić information content (AvgIpc) is 2.48. The van der Waals surface area contributed by atoms with Gasteiger partial charge >= 0.3 is 0 Å². The lowest BCUT2D eigenvalue weighted by Crippen LogP contribution is -2.25. The molecular formula is C16H16Cl2FNS. The van der Waals surface area contributed by atoms with Crippen LogP contribution < -0.4 is 5.73 Å². The molecule has 21 heavy (non-hydrogen) atoms. The molecule has 0 amide bonds. The van der Waals surface area contributed by atoms with E-state index < -0.39 is 0 Å². The number of nitrogens with two attached hydrogens (primary N) is 1. The minimum Gasteiger partial charge on any atom is -0.326 e. The molecule has 0 aliphatic heterocycles. The van der Waals surface area contributed by atoms with E-state index in [0.29, 0.717) is 10.0 Å². The summed E-state index contributed by atoms with van der Waals surface area (Å²) in [6.07, 6.45) is 0.830. The van der Waals surface area contributed by atoms with Gasteiger partial charge in [-0.05, 0) is 42.3 Å². The lowest BCUT2D eigenvalue weighted by atomic mass is 10.0. The molecule has 0 aromatic heterocycles. The number of rotatable bonds is 5. The van der Waals surface area contributed by atoms with Gasteiger partial charge in [0.2, 0.25) is 0 Å². The van der Waals surface area contributed by atoms with Crippen LogP contribution in [0.3, 0.4) is 0 Å². The molecule has 0 aliphatic rings. The third-order valence-corrected chi connectivity index (χ3v) is 5.35. The Kier molecular flexibility index (Phi) is 5.94. The summed E-state index contributed by atoms with van der Waals surface area (Å²) in [7, 11) is 0. The maximum atomic E-state index is 13.1. The number of hydrogen-bond donors (Lipinski definition) is 1. The number of halogens is 3. The lowest BCUT2D eigenvalue weighted by Gasteiger charge is -2.23. The van der Waals surface area contributed by atoms with Crippen molar-refractivity contribution in [3.63, 3.8) is 0 Å². The molecule has 2 N–H and O–H groups in total. The van der Waals surface area contributed by atoms with Crippen molar-refractivity contribution >= 4 is 35.0 Å². The van der Waals surface area contributed by atoms with Gasteiger partial charge in [-0.25, -0.2) is 4.39 Å². The summed E-state index contributed by atoms with van der Waals surface area (Å²) in [5.74, 6) is -0.248. The topological polar surface area (TPSA) is 26.0 Å². The summed E-state index contributed by atoms with van der Waals surface area (Å²) in [5, 5.41) is 1.08. The highest BCUT2D eigenvalue weighted by atomic mass is 35.5. The van der Waals surface area contributed by atoms with Gasteiger partial charge in [-0.1, -0.05) is 42.3 Å². The van der Waals surface area contributed by atoms with Crippen LogP contribution in [-0.2, 0) is 0 Å². The molecule has 0 spiro atoms. The second kappa shape index (κ2) is 7.50. The second-order valence-electron chi connectivity index (χ2n) is 4.74. The molecule has 0 bridgehead atoms. The fraction of sp³-hybridized carbons (Fsp3) is 0.250. The molecule has 2 atom stereocenters. The van der Waals surface area contributed by atoms with Crippen LogP contribution in [0.2, 0.25) is 10.0 Å². The smallest absolute Gasteiger partial charge is 0.123 e. The quantitative estimate of drug-likeness (QED) is 0.704. The van der Waals surface area contributed by atoms with Gasteiger partial charge in [-0.15, -0.1) is 11.8 Å². The summed E-state index contributed by atoms with van der Waals surface area (Å²) in [4.78, 5) is 0.989. The highest BCUT2D eigenvalue weighted by molar-refractivity contribution is 7.99. The molecule has 0 heterocycles. The van der Waals surface area contributed by atoms with E-state index in [9.17, 15) is 4.39 Å². The molecule has 0 saturated carbocycles. The molecule has 2 aromatic carbocycles. The van der Waals surface area contributed by atoms with Gasteiger partial charge in [0.15, 0.2) is 0 Å². The predicted octanol–water partition coefficient (Wildman–Crippen LogP) is 5.70. The molecule has 0 radical (unpaired) electrons. The molecule has 5 heteroatoms. The van der Waals surface area contributed by atoms with Crippen molar-refractivity contribution in [2.24, 2.45) is 5.73 Å². The molecular weight excluding hydrogens is 328 g/mol. The third kappa shape index (κ3) is 4.36. The molecule has 2 rings (SSSR count). The van der Waals surface area contributed by atoms with Crippen molar-refractivity contribution in [3.8, 4) is 0 Å². The maximum Gasteiger partial charge on any atom is 0.123 e. The summed E-state index contributed by atoms with van der Waals surface area (Å²) in [6.45, 7) is 2.04. The minimum absolute atomic E-state index is 0.0325. The van der Waals surface area contributed by atoms with E-state index in [4.69, 9.17) is 28.9 Å². The van der Waals surface area contributed by atoms with Crippen LogP contribution in [0.4, 0.5) is 4.39 Å². The van der Waals surface area contributed by atoms with E-state index in [-0.39, 0.29) is 17.1 Å². The zero-order chi connectivity index (χ0) is 15.4. The van der Waals surface area contributed by atoms with E-state index in [2.05, 4.69) is 0 Å². The van der Waals surface area contributed by atoms with E-state index >= 15 is 0 Å². The van der Waals surface area contributed by atoms with E-state index in [1.54, 1.807) is 30.0 Å². The van der Waals surface area contributed by atoms with Gasteiger partial charge in [-0.3, -0.25) is 0 Å². The third-order valence-electron chi connectivity index (χ3n) is 3.21. The first-order chi connectivity index (χ1) is 10.0. The van der Waals surface area contributed by atoms with Crippen LogP contribution in [0.15, 0.2) is 47.4 Å². The fourth-order valence-corrected chi connectivity index (χ4v) is 3.61. The Morgan fingerprint density at radius 3 is 2.33 bits per heavy atom. The number of thioether (sulfide) groups is 1. The zero-order valence-corrected chi connectivity index (χ0v) is 13.9. The summed E-state index contributed by atoms with van der Waals surface area (Å²) in [6, 6.07) is 12.0. The van der Waals surface area contributed by atoms with E-state index in [1.165, 1.54) is 12.1 Å². The predicted molar refractivity (Wildman–Crippen MR) is 89.7 cm³/mol. The van der Waals surface area contributed by atoms with Crippen molar-refractivity contribution in [2.45, 2.75) is 29.5 Å². The highest BCUT2D eigenvalue weighted by Crippen LogP contribution is 2.39. The Balaban J connectivity index is 2.28. The molecule has 112 valence electrons. The normalized spacial score (nSPS) is 14.0. The van der Waals surface area contributed by atoms with Gasteiger partial charge in [-0.2, -0.15) is 0 Å². The Bertz CT molecular complexity index is 604. The maximum absolute atomic E-state index is 13.1. The highest BCUT2D eigenvalue weighted by Gasteiger charge is 2.20. The van der Waals surface area contributed by atoms with Gasteiger partial charge < -0.3 is 5.73 Å². The first-order valence-corrected chi connectivity index (χ1v) is 8.27. The fourth-order valence-electron chi connectivity index (χ4n) is 1.97. The molecule has 2 aromatic rings. The first-order valence-electron chi connectivity index (χ1n) is 6.64. The number of hydrogen-bond acceptors (Lipinski definition) is 2. The van der Waals surface area contributed by atoms with Crippen molar-refractivity contribution in [1.82, 2.24) is 0 Å². The average molecular weight is 344 g/mol. The van der Waals surface area contributed by atoms with Crippen LogP contribution in [0.5, 0.6) is 0 Å². The van der Waals surface area contributed by atoms with Gasteiger partial charge in [0, 0.05) is 16.2 Å². The summed E-state index contributed by atoms with van der Waals surface area (Å²) < 4.78 is 13.1. The van der Waals surface area contributed by atoms with Crippen molar-refractivity contribution < 1.29 is 4.39 Å². The largest absolute Gasteiger partial charge is 0.326 e. The Morgan fingerprint density at radius 1 is 1.10 bits per heavy atom. The van der Waals surface area contributed by atoms with Gasteiger partial charge in [0.25, 0.3) is 0 Å². The van der Waals surface area contributed by atoms with E-state index in [1.807, 2.05) is 19.1 Å². The summed E-state index contributed by atoms with van der Waals surface area (Å²) in [5.41, 5.74) is 7.23. The van der Waals surface area contributed by atoms with Crippen molar-refractivity contribution in [2.75, 3.05) is 0 Å². The Labute approximate surface area is 138 Å². The van der Waals surface area contributed by atoms with Crippen LogP contribution in [0.1, 0.15) is 24.2 Å². The Hall–Kier alpha value is -0.740. The first kappa shape index (κ1) is 16.6. The lowest BCUT2D eigenvalue weighted by molar-refractivity contribution is 0.618. The van der Waals surface area contributed by atoms with Gasteiger partial charge in [0.1, 0.15) is 5.82 Å². The molecule has 0 fully saturated rings. The monoisotopic (exact) mass is 343 g/mol. The SMILES string of the molecule is CCC(N)C(Sc1ccc(Cl)c(Cl)c1)c1ccc(F)cc1. The summed E-state index contributed by atoms with van der Waals surface area (Å²) >= 11 is 13.6. The Morgan fingerprint density at radius 2 is 1.76 bits per heavy atom. The molecule has 0 saturated heterocycles. The van der Waals surface area contributed by atoms with Gasteiger partial charge in [0.05, 0.1) is 10.0 Å². The molecule has 2 unspecified atom stereocenters. The van der Waals surface area contributed by atoms with Crippen molar-refractivity contribution in [3.05, 3.63) is 63.9 Å². The molecule has 1 nitrogen and oxygen atoms in total. The standard InChI is InChI=1S/C16H16Cl2FNS/c1-2-15(20)16(10-3-5-11(19)6-4-10)21-12-7-8-13(17)14(18)9-12/h3-9,15-16H,2,20H2,1H3. The van der Waals surface area contributed by atoms with Crippen LogP contribution >= 0.6 is 35.0 Å². The number of benzene rings is 2. The van der Waals surface area contributed by atoms with Crippen LogP contribution in [0.25, 0.3) is 0 Å². The minimum atomic E-state index is -0.248.